The topological polar surface area (TPSA) is 71.5 Å². The second kappa shape index (κ2) is 8.26. The fourth-order valence-electron chi connectivity index (χ4n) is 2.95. The van der Waals surface area contributed by atoms with Crippen LogP contribution in [0.1, 0.15) is 31.7 Å². The van der Waals surface area contributed by atoms with E-state index in [1.165, 1.54) is 4.88 Å². The molecule has 0 radical (unpaired) electrons. The van der Waals surface area contributed by atoms with E-state index in [2.05, 4.69) is 32.7 Å². The monoisotopic (exact) mass is 409 g/mol. The number of nitrogens with zero attached hydrogens (tertiary/aromatic N) is 2. The van der Waals surface area contributed by atoms with Crippen molar-refractivity contribution in [2.24, 2.45) is 0 Å². The van der Waals surface area contributed by atoms with Crippen molar-refractivity contribution in [2.45, 2.75) is 36.6 Å². The molecule has 1 fully saturated rings. The van der Waals surface area contributed by atoms with Gasteiger partial charge in [-0.05, 0) is 44.4 Å². The lowest BCUT2D eigenvalue weighted by atomic mass is 10.2. The molecular weight excluding hydrogens is 382 g/mol. The van der Waals surface area contributed by atoms with Crippen molar-refractivity contribution in [3.8, 4) is 0 Å². The third-order valence-corrected chi connectivity index (χ3v) is 8.05. The highest BCUT2D eigenvalue weighted by Crippen LogP contribution is 2.27. The van der Waals surface area contributed by atoms with E-state index in [1.807, 2.05) is 0 Å². The molecule has 1 atom stereocenters. The zero-order chi connectivity index (χ0) is 19.5. The quantitative estimate of drug-likeness (QED) is 0.790. The Labute approximate surface area is 165 Å². The molecule has 0 spiro atoms. The summed E-state index contributed by atoms with van der Waals surface area (Å²) in [5.41, 5.74) is 0.817. The highest BCUT2D eigenvalue weighted by molar-refractivity contribution is 7.92. The van der Waals surface area contributed by atoms with Crippen LogP contribution >= 0.6 is 11.3 Å². The van der Waals surface area contributed by atoms with Gasteiger partial charge in [0.25, 0.3) is 0 Å². The van der Waals surface area contributed by atoms with Crippen LogP contribution in [0.15, 0.2) is 40.9 Å². The van der Waals surface area contributed by atoms with E-state index in [1.54, 1.807) is 50.4 Å². The van der Waals surface area contributed by atoms with Gasteiger partial charge in [-0.15, -0.1) is 11.3 Å². The number of aromatic nitrogens is 1. The first-order valence-electron chi connectivity index (χ1n) is 9.09. The summed E-state index contributed by atoms with van der Waals surface area (Å²) in [5, 5.41) is 5.62. The van der Waals surface area contributed by atoms with Gasteiger partial charge in [0.1, 0.15) is 0 Å². The summed E-state index contributed by atoms with van der Waals surface area (Å²) in [7, 11) is -3.44. The lowest BCUT2D eigenvalue weighted by Gasteiger charge is -2.34. The highest BCUT2D eigenvalue weighted by atomic mass is 32.2. The van der Waals surface area contributed by atoms with E-state index in [0.717, 1.165) is 38.5 Å². The van der Waals surface area contributed by atoms with Crippen molar-refractivity contribution >= 4 is 26.9 Å². The molecule has 6 nitrogen and oxygen atoms in total. The molecule has 8 heteroatoms. The molecule has 2 aromatic rings. The molecule has 1 unspecified atom stereocenters. The van der Waals surface area contributed by atoms with Gasteiger partial charge in [0, 0.05) is 24.5 Å². The summed E-state index contributed by atoms with van der Waals surface area (Å²) in [6.45, 7) is 9.11. The summed E-state index contributed by atoms with van der Waals surface area (Å²) in [5.74, 6) is 0. The van der Waals surface area contributed by atoms with Crippen LogP contribution in [-0.4, -0.2) is 55.9 Å². The number of thiophene rings is 1. The molecule has 1 saturated heterocycles. The normalized spacial score (nSPS) is 17.6. The van der Waals surface area contributed by atoms with Crippen LogP contribution in [0.2, 0.25) is 0 Å². The number of anilines is 1. The summed E-state index contributed by atoms with van der Waals surface area (Å²) in [6.07, 6.45) is 1.60. The molecule has 2 aromatic heterocycles. The minimum absolute atomic E-state index is 0.114. The van der Waals surface area contributed by atoms with Crippen LogP contribution in [0.4, 0.5) is 5.69 Å². The Morgan fingerprint density at radius 2 is 2.00 bits per heavy atom. The van der Waals surface area contributed by atoms with Gasteiger partial charge in [-0.1, -0.05) is 6.07 Å². The van der Waals surface area contributed by atoms with Crippen LogP contribution in [0.3, 0.4) is 0 Å². The van der Waals surface area contributed by atoms with Gasteiger partial charge in [-0.2, -0.15) is 0 Å². The standard InChI is InChI=1S/C19H27N3O3S2/c1-19(2,3)27(23,24)18-7-6-15(13-21-18)20-14-16(17-5-4-12-26-17)22-8-10-25-11-9-22/h4-7,12-13,16,20H,8-11,14H2,1-3H3. The number of ether oxygens (including phenoxy) is 1. The smallest absolute Gasteiger partial charge is 0.200 e. The Hall–Kier alpha value is -1.48. The number of rotatable bonds is 6. The predicted molar refractivity (Wildman–Crippen MR) is 109 cm³/mol. The van der Waals surface area contributed by atoms with Gasteiger partial charge >= 0.3 is 0 Å². The van der Waals surface area contributed by atoms with E-state index in [0.29, 0.717) is 0 Å². The van der Waals surface area contributed by atoms with Gasteiger partial charge < -0.3 is 10.1 Å². The number of hydrogen-bond donors (Lipinski definition) is 1. The average Bonchev–Trinajstić information content (AvgIpc) is 3.17. The summed E-state index contributed by atoms with van der Waals surface area (Å²) >= 11 is 1.75. The molecule has 0 aromatic carbocycles. The van der Waals surface area contributed by atoms with Crippen molar-refractivity contribution in [3.05, 3.63) is 40.7 Å². The van der Waals surface area contributed by atoms with Gasteiger partial charge in [-0.25, -0.2) is 13.4 Å². The first-order valence-corrected chi connectivity index (χ1v) is 11.4. The zero-order valence-corrected chi connectivity index (χ0v) is 17.6. The molecule has 3 heterocycles. The third-order valence-electron chi connectivity index (χ3n) is 4.68. The van der Waals surface area contributed by atoms with Crippen molar-refractivity contribution in [3.63, 3.8) is 0 Å². The Balaban J connectivity index is 1.70. The fraction of sp³-hybridized carbons (Fsp3) is 0.526. The summed E-state index contributed by atoms with van der Waals surface area (Å²) < 4.78 is 29.6. The van der Waals surface area contributed by atoms with Crippen molar-refractivity contribution < 1.29 is 13.2 Å². The number of sulfone groups is 1. The van der Waals surface area contributed by atoms with E-state index in [4.69, 9.17) is 4.74 Å². The molecule has 1 aliphatic rings. The van der Waals surface area contributed by atoms with Crippen LogP contribution in [0.25, 0.3) is 0 Å². The molecule has 148 valence electrons. The molecule has 0 bridgehead atoms. The van der Waals surface area contributed by atoms with Gasteiger partial charge in [0.2, 0.25) is 0 Å². The van der Waals surface area contributed by atoms with E-state index >= 15 is 0 Å². The highest BCUT2D eigenvalue weighted by Gasteiger charge is 2.32. The van der Waals surface area contributed by atoms with Crippen LogP contribution < -0.4 is 5.32 Å². The van der Waals surface area contributed by atoms with Gasteiger partial charge in [0.05, 0.1) is 35.9 Å². The maximum absolute atomic E-state index is 12.5. The van der Waals surface area contributed by atoms with E-state index in [-0.39, 0.29) is 11.1 Å². The van der Waals surface area contributed by atoms with Crippen molar-refractivity contribution in [2.75, 3.05) is 38.2 Å². The second-order valence-corrected chi connectivity index (χ2v) is 11.2. The van der Waals surface area contributed by atoms with Gasteiger partial charge in [-0.3, -0.25) is 4.90 Å². The SMILES string of the molecule is CC(C)(C)S(=O)(=O)c1ccc(NCC(c2cccs2)N2CCOCC2)cn1. The molecule has 0 saturated carbocycles. The molecule has 0 amide bonds. The Bertz CT molecular complexity index is 822. The number of morpholine rings is 1. The van der Waals surface area contributed by atoms with Crippen molar-refractivity contribution in [1.82, 2.24) is 9.88 Å². The lowest BCUT2D eigenvalue weighted by molar-refractivity contribution is 0.0194. The van der Waals surface area contributed by atoms with Crippen molar-refractivity contribution in [1.29, 1.82) is 0 Å². The van der Waals surface area contributed by atoms with E-state index in [9.17, 15) is 8.42 Å². The summed E-state index contributed by atoms with van der Waals surface area (Å²) in [6, 6.07) is 7.85. The van der Waals surface area contributed by atoms with Crippen LogP contribution in [0.5, 0.6) is 0 Å². The van der Waals surface area contributed by atoms with Gasteiger partial charge in [0.15, 0.2) is 14.9 Å². The van der Waals surface area contributed by atoms with Crippen LogP contribution in [-0.2, 0) is 14.6 Å². The largest absolute Gasteiger partial charge is 0.382 e. The average molecular weight is 410 g/mol. The molecule has 0 aliphatic carbocycles. The maximum Gasteiger partial charge on any atom is 0.200 e. The van der Waals surface area contributed by atoms with Crippen LogP contribution in [0, 0.1) is 0 Å². The second-order valence-electron chi connectivity index (χ2n) is 7.56. The molecule has 1 aliphatic heterocycles. The molecule has 1 N–H and O–H groups in total. The van der Waals surface area contributed by atoms with E-state index < -0.39 is 14.6 Å². The number of nitrogens with one attached hydrogen (secondary N) is 1. The molecule has 3 rings (SSSR count). The minimum Gasteiger partial charge on any atom is -0.382 e. The lowest BCUT2D eigenvalue weighted by Crippen LogP contribution is -2.41. The fourth-order valence-corrected chi connectivity index (χ4v) is 4.88. The zero-order valence-electron chi connectivity index (χ0n) is 16.0. The Morgan fingerprint density at radius 1 is 1.26 bits per heavy atom. The Morgan fingerprint density at radius 3 is 2.56 bits per heavy atom. The summed E-state index contributed by atoms with van der Waals surface area (Å²) in [4.78, 5) is 7.92. The number of pyridine rings is 1. The molecule has 27 heavy (non-hydrogen) atoms. The molecular formula is C19H27N3O3S2. The first-order chi connectivity index (χ1) is 12.8. The predicted octanol–water partition coefficient (Wildman–Crippen LogP) is 3.20. The minimum atomic E-state index is -3.44. The third kappa shape index (κ3) is 4.68. The Kier molecular flexibility index (Phi) is 6.20. The maximum atomic E-state index is 12.5. The first kappa shape index (κ1) is 20.3. The number of hydrogen-bond acceptors (Lipinski definition) is 7.